The number of nitrogens with one attached hydrogen (secondary N) is 1. The fourth-order valence-electron chi connectivity index (χ4n) is 2.70. The molecule has 1 unspecified atom stereocenters. The van der Waals surface area contributed by atoms with Gasteiger partial charge in [-0.15, -0.1) is 0 Å². The molecule has 2 nitrogen and oxygen atoms in total. The molecule has 5 heteroatoms. The monoisotopic (exact) mass is 288 g/mol. The summed E-state index contributed by atoms with van der Waals surface area (Å²) in [5.41, 5.74) is 4.72. The molecule has 0 aromatic heterocycles. The smallest absolute Gasteiger partial charge is 0.248 e. The molecule has 0 bridgehead atoms. The van der Waals surface area contributed by atoms with Crippen LogP contribution in [0, 0.1) is 12.8 Å². The van der Waals surface area contributed by atoms with Gasteiger partial charge in [0.05, 0.1) is 0 Å². The molecule has 1 saturated carbocycles. The van der Waals surface area contributed by atoms with Crippen LogP contribution < -0.4 is 11.3 Å². The minimum Gasteiger partial charge on any atom is -0.271 e. The van der Waals surface area contributed by atoms with Crippen molar-refractivity contribution >= 4 is 11.6 Å². The lowest BCUT2D eigenvalue weighted by molar-refractivity contribution is -0.0497. The topological polar surface area (TPSA) is 38.0 Å². The predicted molar refractivity (Wildman–Crippen MR) is 73.2 cm³/mol. The minimum atomic E-state index is -2.51. The van der Waals surface area contributed by atoms with Crippen LogP contribution in [0.3, 0.4) is 0 Å². The number of halogens is 3. The third-order valence-electron chi connectivity index (χ3n) is 3.97. The first-order valence-corrected chi connectivity index (χ1v) is 6.91. The zero-order valence-electron chi connectivity index (χ0n) is 10.9. The van der Waals surface area contributed by atoms with E-state index in [1.165, 1.54) is 0 Å². The molecule has 0 saturated heterocycles. The van der Waals surface area contributed by atoms with Crippen LogP contribution in [0.1, 0.15) is 42.9 Å². The van der Waals surface area contributed by atoms with Crippen LogP contribution in [0.5, 0.6) is 0 Å². The Morgan fingerprint density at radius 1 is 1.37 bits per heavy atom. The van der Waals surface area contributed by atoms with E-state index in [4.69, 9.17) is 17.4 Å². The highest BCUT2D eigenvalue weighted by molar-refractivity contribution is 6.31. The molecule has 3 N–H and O–H groups in total. The fourth-order valence-corrected chi connectivity index (χ4v) is 2.89. The summed E-state index contributed by atoms with van der Waals surface area (Å²) in [6.45, 7) is 1.93. The van der Waals surface area contributed by atoms with Gasteiger partial charge in [0, 0.05) is 23.9 Å². The molecule has 1 aromatic carbocycles. The molecule has 1 aliphatic carbocycles. The number of nitrogens with two attached hydrogens (primary N) is 1. The summed E-state index contributed by atoms with van der Waals surface area (Å²) in [6.07, 6.45) is 0.839. The van der Waals surface area contributed by atoms with Gasteiger partial charge in [0.15, 0.2) is 0 Å². The standard InChI is InChI=1S/C14H19ClF2N2/c1-9-2-3-11(8-12(9)15)13(19-18)10-4-6-14(16,17)7-5-10/h2-3,8,10,13,19H,4-7,18H2,1H3. The van der Waals surface area contributed by atoms with Crippen molar-refractivity contribution in [3.8, 4) is 0 Å². The lowest BCUT2D eigenvalue weighted by Gasteiger charge is -2.33. The normalized spacial score (nSPS) is 21.3. The third-order valence-corrected chi connectivity index (χ3v) is 4.37. The van der Waals surface area contributed by atoms with E-state index in [9.17, 15) is 8.78 Å². The average molecular weight is 289 g/mol. The van der Waals surface area contributed by atoms with E-state index in [0.29, 0.717) is 17.9 Å². The molecule has 1 aliphatic rings. The van der Waals surface area contributed by atoms with Crippen LogP contribution in [0.4, 0.5) is 8.78 Å². The van der Waals surface area contributed by atoms with Crippen molar-refractivity contribution < 1.29 is 8.78 Å². The van der Waals surface area contributed by atoms with Gasteiger partial charge in [0.1, 0.15) is 0 Å². The third kappa shape index (κ3) is 3.44. The molecule has 2 rings (SSSR count). The highest BCUT2D eigenvalue weighted by Gasteiger charge is 2.37. The number of aryl methyl sites for hydroxylation is 1. The van der Waals surface area contributed by atoms with Gasteiger partial charge in [-0.25, -0.2) is 8.78 Å². The Morgan fingerprint density at radius 2 is 2.00 bits per heavy atom. The first-order chi connectivity index (χ1) is 8.93. The number of hydrogen-bond donors (Lipinski definition) is 2. The van der Waals surface area contributed by atoms with E-state index < -0.39 is 5.92 Å². The Morgan fingerprint density at radius 3 is 2.53 bits per heavy atom. The molecule has 0 spiro atoms. The Labute approximate surface area is 117 Å². The van der Waals surface area contributed by atoms with E-state index in [-0.39, 0.29) is 24.8 Å². The summed E-state index contributed by atoms with van der Waals surface area (Å²) in [7, 11) is 0. The van der Waals surface area contributed by atoms with Gasteiger partial charge in [-0.3, -0.25) is 11.3 Å². The quantitative estimate of drug-likeness (QED) is 0.652. The molecule has 1 atom stereocenters. The molecule has 106 valence electrons. The number of hydrazine groups is 1. The van der Waals surface area contributed by atoms with Crippen molar-refractivity contribution in [2.24, 2.45) is 11.8 Å². The summed E-state index contributed by atoms with van der Waals surface area (Å²) in [5, 5.41) is 0.680. The van der Waals surface area contributed by atoms with Crippen molar-refractivity contribution in [2.75, 3.05) is 0 Å². The Bertz CT molecular complexity index is 441. The molecule has 1 fully saturated rings. The van der Waals surface area contributed by atoms with Gasteiger partial charge in [-0.2, -0.15) is 0 Å². The first-order valence-electron chi connectivity index (χ1n) is 6.53. The van der Waals surface area contributed by atoms with Crippen molar-refractivity contribution in [1.29, 1.82) is 0 Å². The largest absolute Gasteiger partial charge is 0.271 e. The minimum absolute atomic E-state index is 0.0601. The highest BCUT2D eigenvalue weighted by atomic mass is 35.5. The van der Waals surface area contributed by atoms with Gasteiger partial charge in [-0.05, 0) is 42.9 Å². The summed E-state index contributed by atoms with van der Waals surface area (Å²) in [6, 6.07) is 5.64. The van der Waals surface area contributed by atoms with Crippen molar-refractivity contribution in [3.63, 3.8) is 0 Å². The second-order valence-electron chi connectivity index (χ2n) is 5.35. The van der Waals surface area contributed by atoms with Crippen LogP contribution in [-0.4, -0.2) is 5.92 Å². The van der Waals surface area contributed by atoms with Crippen molar-refractivity contribution in [2.45, 2.75) is 44.6 Å². The summed E-state index contributed by atoms with van der Waals surface area (Å²) >= 11 is 6.11. The van der Waals surface area contributed by atoms with Crippen LogP contribution >= 0.6 is 11.6 Å². The lowest BCUT2D eigenvalue weighted by Crippen LogP contribution is -2.37. The summed E-state index contributed by atoms with van der Waals surface area (Å²) in [5.74, 6) is 3.23. The zero-order chi connectivity index (χ0) is 14.0. The Kier molecular flexibility index (Phi) is 4.43. The van der Waals surface area contributed by atoms with E-state index in [0.717, 1.165) is 11.1 Å². The fraction of sp³-hybridized carbons (Fsp3) is 0.571. The van der Waals surface area contributed by atoms with E-state index in [2.05, 4.69) is 5.43 Å². The molecule has 0 aliphatic heterocycles. The van der Waals surface area contributed by atoms with Gasteiger partial charge in [0.25, 0.3) is 0 Å². The van der Waals surface area contributed by atoms with E-state index in [1.54, 1.807) is 0 Å². The molecular weight excluding hydrogens is 270 g/mol. The summed E-state index contributed by atoms with van der Waals surface area (Å²) in [4.78, 5) is 0. The molecule has 19 heavy (non-hydrogen) atoms. The molecule has 0 heterocycles. The average Bonchev–Trinajstić information content (AvgIpc) is 2.36. The van der Waals surface area contributed by atoms with Gasteiger partial charge in [0.2, 0.25) is 5.92 Å². The maximum absolute atomic E-state index is 13.2. The predicted octanol–water partition coefficient (Wildman–Crippen LogP) is 3.98. The number of benzene rings is 1. The van der Waals surface area contributed by atoms with Gasteiger partial charge >= 0.3 is 0 Å². The SMILES string of the molecule is Cc1ccc(C(NN)C2CCC(F)(F)CC2)cc1Cl. The van der Waals surface area contributed by atoms with Crippen LogP contribution in [0.2, 0.25) is 5.02 Å². The van der Waals surface area contributed by atoms with Crippen molar-refractivity contribution in [3.05, 3.63) is 34.3 Å². The maximum atomic E-state index is 13.2. The molecule has 0 amide bonds. The second kappa shape index (κ2) is 5.73. The number of rotatable bonds is 3. The van der Waals surface area contributed by atoms with Crippen LogP contribution in [0.25, 0.3) is 0 Å². The van der Waals surface area contributed by atoms with E-state index in [1.807, 2.05) is 25.1 Å². The van der Waals surface area contributed by atoms with Crippen LogP contribution in [0.15, 0.2) is 18.2 Å². The maximum Gasteiger partial charge on any atom is 0.248 e. The highest BCUT2D eigenvalue weighted by Crippen LogP contribution is 2.41. The summed E-state index contributed by atoms with van der Waals surface area (Å²) < 4.78 is 26.4. The van der Waals surface area contributed by atoms with E-state index >= 15 is 0 Å². The Hall–Kier alpha value is -0.710. The second-order valence-corrected chi connectivity index (χ2v) is 5.75. The number of alkyl halides is 2. The van der Waals surface area contributed by atoms with Gasteiger partial charge < -0.3 is 0 Å². The first kappa shape index (κ1) is 14.7. The number of hydrogen-bond acceptors (Lipinski definition) is 2. The lowest BCUT2D eigenvalue weighted by atomic mass is 9.80. The zero-order valence-corrected chi connectivity index (χ0v) is 11.7. The Balaban J connectivity index is 2.14. The van der Waals surface area contributed by atoms with Crippen molar-refractivity contribution in [1.82, 2.24) is 5.43 Å². The molecule has 0 radical (unpaired) electrons. The molecule has 1 aromatic rings. The van der Waals surface area contributed by atoms with Gasteiger partial charge in [-0.1, -0.05) is 23.7 Å². The molecular formula is C14H19ClF2N2. The van der Waals surface area contributed by atoms with Crippen LogP contribution in [-0.2, 0) is 0 Å².